The SMILES string of the molecule is COc1cc(/C=C(/NC(C)=O)C(=O)O)ccc1OCc1cccc(C)c1. The van der Waals surface area contributed by atoms with Crippen molar-refractivity contribution in [2.45, 2.75) is 20.5 Å². The maximum atomic E-state index is 11.2. The van der Waals surface area contributed by atoms with Crippen molar-refractivity contribution in [2.24, 2.45) is 0 Å². The quantitative estimate of drug-likeness (QED) is 0.745. The molecule has 0 aromatic heterocycles. The van der Waals surface area contributed by atoms with Gasteiger partial charge in [-0.05, 0) is 36.3 Å². The summed E-state index contributed by atoms with van der Waals surface area (Å²) in [6.45, 7) is 3.65. The molecular weight excluding hydrogens is 334 g/mol. The first-order valence-corrected chi connectivity index (χ1v) is 7.98. The zero-order valence-corrected chi connectivity index (χ0v) is 14.9. The maximum absolute atomic E-state index is 11.2. The van der Waals surface area contributed by atoms with E-state index in [9.17, 15) is 9.59 Å². The molecule has 2 rings (SSSR count). The molecule has 0 bridgehead atoms. The molecule has 0 saturated heterocycles. The Kier molecular flexibility index (Phi) is 6.38. The Bertz CT molecular complexity index is 842. The summed E-state index contributed by atoms with van der Waals surface area (Å²) in [6.07, 6.45) is 1.36. The van der Waals surface area contributed by atoms with E-state index in [0.29, 0.717) is 23.7 Å². The predicted molar refractivity (Wildman–Crippen MR) is 97.9 cm³/mol. The van der Waals surface area contributed by atoms with Gasteiger partial charge in [-0.1, -0.05) is 35.9 Å². The molecule has 136 valence electrons. The van der Waals surface area contributed by atoms with Crippen LogP contribution in [0.4, 0.5) is 0 Å². The highest BCUT2D eigenvalue weighted by atomic mass is 16.5. The molecule has 0 fully saturated rings. The fraction of sp³-hybridized carbons (Fsp3) is 0.200. The number of rotatable bonds is 7. The maximum Gasteiger partial charge on any atom is 0.352 e. The fourth-order valence-corrected chi connectivity index (χ4v) is 2.36. The summed E-state index contributed by atoms with van der Waals surface area (Å²) < 4.78 is 11.1. The molecule has 0 aliphatic carbocycles. The topological polar surface area (TPSA) is 84.9 Å². The number of hydrogen-bond acceptors (Lipinski definition) is 4. The molecule has 6 nitrogen and oxygen atoms in total. The third-order valence-electron chi connectivity index (χ3n) is 3.52. The average molecular weight is 355 g/mol. The number of carbonyl (C=O) groups is 2. The Morgan fingerprint density at radius 3 is 2.54 bits per heavy atom. The van der Waals surface area contributed by atoms with Crippen molar-refractivity contribution in [1.29, 1.82) is 0 Å². The summed E-state index contributed by atoms with van der Waals surface area (Å²) in [4.78, 5) is 22.3. The smallest absolute Gasteiger partial charge is 0.352 e. The van der Waals surface area contributed by atoms with Crippen molar-refractivity contribution in [1.82, 2.24) is 5.32 Å². The molecule has 0 aliphatic heterocycles. The van der Waals surface area contributed by atoms with Gasteiger partial charge in [0.1, 0.15) is 12.3 Å². The lowest BCUT2D eigenvalue weighted by Gasteiger charge is -2.12. The van der Waals surface area contributed by atoms with Crippen molar-refractivity contribution in [2.75, 3.05) is 7.11 Å². The number of carboxylic acids is 1. The van der Waals surface area contributed by atoms with E-state index in [0.717, 1.165) is 11.1 Å². The van der Waals surface area contributed by atoms with Gasteiger partial charge in [0.2, 0.25) is 5.91 Å². The van der Waals surface area contributed by atoms with Gasteiger partial charge in [0, 0.05) is 6.92 Å². The Morgan fingerprint density at radius 2 is 1.92 bits per heavy atom. The zero-order chi connectivity index (χ0) is 19.1. The van der Waals surface area contributed by atoms with E-state index in [2.05, 4.69) is 5.32 Å². The van der Waals surface area contributed by atoms with Gasteiger partial charge in [-0.2, -0.15) is 0 Å². The Labute approximate surface area is 152 Å². The number of methoxy groups -OCH3 is 1. The fourth-order valence-electron chi connectivity index (χ4n) is 2.36. The lowest BCUT2D eigenvalue weighted by molar-refractivity contribution is -0.134. The van der Waals surface area contributed by atoms with Crippen LogP contribution in [0.5, 0.6) is 11.5 Å². The van der Waals surface area contributed by atoms with Gasteiger partial charge in [-0.25, -0.2) is 4.79 Å². The Morgan fingerprint density at radius 1 is 1.15 bits per heavy atom. The van der Waals surface area contributed by atoms with Gasteiger partial charge in [0.05, 0.1) is 7.11 Å². The Hall–Kier alpha value is -3.28. The minimum absolute atomic E-state index is 0.215. The number of aliphatic carboxylic acids is 1. The summed E-state index contributed by atoms with van der Waals surface area (Å²) in [7, 11) is 1.51. The molecule has 1 amide bonds. The van der Waals surface area contributed by atoms with Gasteiger partial charge in [0.25, 0.3) is 0 Å². The van der Waals surface area contributed by atoms with E-state index >= 15 is 0 Å². The van der Waals surface area contributed by atoms with Gasteiger partial charge in [0.15, 0.2) is 11.5 Å². The molecule has 0 atom stereocenters. The summed E-state index contributed by atoms with van der Waals surface area (Å²) in [5.41, 5.74) is 2.54. The van der Waals surface area contributed by atoms with Crippen LogP contribution in [0.1, 0.15) is 23.6 Å². The lowest BCUT2D eigenvalue weighted by atomic mass is 10.1. The first-order valence-electron chi connectivity index (χ1n) is 7.98. The highest BCUT2D eigenvalue weighted by Crippen LogP contribution is 2.29. The standard InChI is InChI=1S/C20H21NO5/c1-13-5-4-6-16(9-13)12-26-18-8-7-15(11-19(18)25-3)10-17(20(23)24)21-14(2)22/h4-11H,12H2,1-3H3,(H,21,22)(H,23,24)/b17-10+. The molecule has 2 aromatic carbocycles. The van der Waals surface area contributed by atoms with Crippen LogP contribution in [0.15, 0.2) is 48.2 Å². The molecule has 2 aromatic rings. The molecule has 6 heteroatoms. The number of aryl methyl sites for hydroxylation is 1. The van der Waals surface area contributed by atoms with E-state index < -0.39 is 11.9 Å². The molecule has 0 spiro atoms. The van der Waals surface area contributed by atoms with Gasteiger partial charge in [-0.3, -0.25) is 4.79 Å². The minimum atomic E-state index is -1.22. The van der Waals surface area contributed by atoms with Crippen LogP contribution in [0, 0.1) is 6.92 Å². The molecule has 0 saturated carbocycles. The van der Waals surface area contributed by atoms with Gasteiger partial charge in [-0.15, -0.1) is 0 Å². The van der Waals surface area contributed by atoms with Crippen LogP contribution < -0.4 is 14.8 Å². The molecule has 0 radical (unpaired) electrons. The van der Waals surface area contributed by atoms with Crippen LogP contribution in [0.25, 0.3) is 6.08 Å². The number of amides is 1. The number of carboxylic acid groups (broad SMARTS) is 1. The second-order valence-electron chi connectivity index (χ2n) is 5.73. The van der Waals surface area contributed by atoms with Gasteiger partial charge < -0.3 is 19.9 Å². The number of ether oxygens (including phenoxy) is 2. The van der Waals surface area contributed by atoms with E-state index in [1.807, 2.05) is 31.2 Å². The number of benzene rings is 2. The summed E-state index contributed by atoms with van der Waals surface area (Å²) in [5.74, 6) is -0.663. The summed E-state index contributed by atoms with van der Waals surface area (Å²) in [5, 5.41) is 11.4. The van der Waals surface area contributed by atoms with Crippen molar-refractivity contribution < 1.29 is 24.2 Å². The van der Waals surface area contributed by atoms with E-state index in [1.165, 1.54) is 20.1 Å². The lowest BCUT2D eigenvalue weighted by Crippen LogP contribution is -2.24. The minimum Gasteiger partial charge on any atom is -0.493 e. The third-order valence-corrected chi connectivity index (χ3v) is 3.52. The van der Waals surface area contributed by atoms with Crippen LogP contribution in [-0.2, 0) is 16.2 Å². The first-order chi connectivity index (χ1) is 12.4. The second-order valence-corrected chi connectivity index (χ2v) is 5.73. The molecule has 26 heavy (non-hydrogen) atoms. The molecule has 0 unspecified atom stereocenters. The predicted octanol–water partition coefficient (Wildman–Crippen LogP) is 3.14. The van der Waals surface area contributed by atoms with Crippen molar-refractivity contribution >= 4 is 18.0 Å². The molecule has 2 N–H and O–H groups in total. The van der Waals surface area contributed by atoms with Gasteiger partial charge >= 0.3 is 5.97 Å². The molecule has 0 aliphatic rings. The average Bonchev–Trinajstić information content (AvgIpc) is 2.59. The summed E-state index contributed by atoms with van der Waals surface area (Å²) >= 11 is 0. The van der Waals surface area contributed by atoms with E-state index in [1.54, 1.807) is 18.2 Å². The van der Waals surface area contributed by atoms with Crippen LogP contribution in [0.3, 0.4) is 0 Å². The highest BCUT2D eigenvalue weighted by molar-refractivity contribution is 5.96. The Balaban J connectivity index is 2.20. The normalized spacial score (nSPS) is 11.0. The van der Waals surface area contributed by atoms with Crippen molar-refractivity contribution in [3.8, 4) is 11.5 Å². The second kappa shape index (κ2) is 8.71. The van der Waals surface area contributed by atoms with Crippen LogP contribution >= 0.6 is 0 Å². The molecular formula is C20H21NO5. The number of carbonyl (C=O) groups excluding carboxylic acids is 1. The highest BCUT2D eigenvalue weighted by Gasteiger charge is 2.11. The van der Waals surface area contributed by atoms with Crippen molar-refractivity contribution in [3.63, 3.8) is 0 Å². The van der Waals surface area contributed by atoms with Crippen LogP contribution in [-0.4, -0.2) is 24.1 Å². The molecule has 0 heterocycles. The number of hydrogen-bond donors (Lipinski definition) is 2. The zero-order valence-electron chi connectivity index (χ0n) is 14.9. The monoisotopic (exact) mass is 355 g/mol. The summed E-state index contributed by atoms with van der Waals surface area (Å²) in [6, 6.07) is 13.0. The third kappa shape index (κ3) is 5.37. The van der Waals surface area contributed by atoms with Crippen LogP contribution in [0.2, 0.25) is 0 Å². The van der Waals surface area contributed by atoms with E-state index in [-0.39, 0.29) is 5.70 Å². The van der Waals surface area contributed by atoms with E-state index in [4.69, 9.17) is 14.6 Å². The first kappa shape index (κ1) is 19.1. The largest absolute Gasteiger partial charge is 0.493 e. The van der Waals surface area contributed by atoms with Crippen molar-refractivity contribution in [3.05, 3.63) is 64.9 Å². The number of nitrogens with one attached hydrogen (secondary N) is 1.